The van der Waals surface area contributed by atoms with E-state index in [2.05, 4.69) is 23.7 Å². The van der Waals surface area contributed by atoms with E-state index >= 15 is 0 Å². The lowest BCUT2D eigenvalue weighted by Gasteiger charge is -2.32. The third kappa shape index (κ3) is 4.26. The van der Waals surface area contributed by atoms with E-state index in [0.717, 1.165) is 12.0 Å². The number of nitrogens with zero attached hydrogens (tertiary/aromatic N) is 1. The van der Waals surface area contributed by atoms with E-state index in [4.69, 9.17) is 0 Å². The highest BCUT2D eigenvalue weighted by molar-refractivity contribution is 4.89. The van der Waals surface area contributed by atoms with Gasteiger partial charge in [-0.3, -0.25) is 0 Å². The fourth-order valence-electron chi connectivity index (χ4n) is 2.36. The van der Waals surface area contributed by atoms with Crippen molar-refractivity contribution in [3.8, 4) is 0 Å². The molecule has 0 bridgehead atoms. The van der Waals surface area contributed by atoms with Gasteiger partial charge in [0, 0.05) is 12.6 Å². The third-order valence-corrected chi connectivity index (χ3v) is 3.83. The summed E-state index contributed by atoms with van der Waals surface area (Å²) in [7, 11) is 0. The largest absolute Gasteiger partial charge is 0.314 e. The van der Waals surface area contributed by atoms with Crippen LogP contribution in [0, 0.1) is 5.92 Å². The van der Waals surface area contributed by atoms with Crippen LogP contribution < -0.4 is 5.32 Å². The van der Waals surface area contributed by atoms with Crippen LogP contribution in [0.1, 0.15) is 39.0 Å². The van der Waals surface area contributed by atoms with Crippen molar-refractivity contribution in [1.29, 1.82) is 0 Å². The lowest BCUT2D eigenvalue weighted by Crippen LogP contribution is -2.43. The summed E-state index contributed by atoms with van der Waals surface area (Å²) in [5.41, 5.74) is 1.31. The Labute approximate surface area is 100 Å². The van der Waals surface area contributed by atoms with Gasteiger partial charge in [-0.15, -0.1) is 6.58 Å². The van der Waals surface area contributed by atoms with Crippen molar-refractivity contribution < 1.29 is 0 Å². The molecule has 1 aliphatic carbocycles. The Bertz CT molecular complexity index is 225. The zero-order valence-corrected chi connectivity index (χ0v) is 10.7. The predicted molar refractivity (Wildman–Crippen MR) is 69.6 cm³/mol. The summed E-state index contributed by atoms with van der Waals surface area (Å²) < 4.78 is 0. The van der Waals surface area contributed by atoms with Crippen LogP contribution in [-0.2, 0) is 0 Å². The SMILES string of the molecule is C=C(C)CCN1CCC(NCC2CC2)CC1. The van der Waals surface area contributed by atoms with Gasteiger partial charge in [-0.2, -0.15) is 0 Å². The van der Waals surface area contributed by atoms with Gasteiger partial charge >= 0.3 is 0 Å². The smallest absolute Gasteiger partial charge is 0.00915 e. The summed E-state index contributed by atoms with van der Waals surface area (Å²) in [6.45, 7) is 11.1. The maximum absolute atomic E-state index is 3.97. The zero-order valence-electron chi connectivity index (χ0n) is 10.7. The van der Waals surface area contributed by atoms with E-state index in [1.807, 2.05) is 0 Å². The van der Waals surface area contributed by atoms with Crippen molar-refractivity contribution in [1.82, 2.24) is 10.2 Å². The van der Waals surface area contributed by atoms with E-state index < -0.39 is 0 Å². The van der Waals surface area contributed by atoms with Crippen molar-refractivity contribution in [2.24, 2.45) is 5.92 Å². The van der Waals surface area contributed by atoms with Gasteiger partial charge in [0.15, 0.2) is 0 Å². The Morgan fingerprint density at radius 3 is 2.50 bits per heavy atom. The van der Waals surface area contributed by atoms with Crippen LogP contribution in [0.2, 0.25) is 0 Å². The molecular formula is C14H26N2. The minimum atomic E-state index is 0.793. The van der Waals surface area contributed by atoms with E-state index in [9.17, 15) is 0 Å². The molecule has 2 aliphatic rings. The second kappa shape index (κ2) is 5.83. The molecule has 0 radical (unpaired) electrons. The molecule has 0 aromatic heterocycles. The molecule has 1 aliphatic heterocycles. The van der Waals surface area contributed by atoms with Gasteiger partial charge in [0.2, 0.25) is 0 Å². The molecule has 1 saturated heterocycles. The Hall–Kier alpha value is -0.340. The highest BCUT2D eigenvalue weighted by Crippen LogP contribution is 2.28. The van der Waals surface area contributed by atoms with Crippen molar-refractivity contribution in [3.05, 3.63) is 12.2 Å². The average Bonchev–Trinajstić information content (AvgIpc) is 3.09. The van der Waals surface area contributed by atoms with E-state index in [-0.39, 0.29) is 0 Å². The van der Waals surface area contributed by atoms with E-state index in [1.54, 1.807) is 0 Å². The Morgan fingerprint density at radius 1 is 1.25 bits per heavy atom. The first-order valence-corrected chi connectivity index (χ1v) is 6.84. The molecule has 1 N–H and O–H groups in total. The summed E-state index contributed by atoms with van der Waals surface area (Å²) in [4.78, 5) is 2.59. The van der Waals surface area contributed by atoms with Crippen LogP contribution in [-0.4, -0.2) is 37.1 Å². The summed E-state index contributed by atoms with van der Waals surface area (Å²) in [5.74, 6) is 1.02. The van der Waals surface area contributed by atoms with E-state index in [1.165, 1.54) is 63.9 Å². The molecular weight excluding hydrogens is 196 g/mol. The number of piperidine rings is 1. The lowest BCUT2D eigenvalue weighted by molar-refractivity contribution is 0.199. The predicted octanol–water partition coefficient (Wildman–Crippen LogP) is 2.42. The van der Waals surface area contributed by atoms with Crippen LogP contribution in [0.15, 0.2) is 12.2 Å². The Kier molecular flexibility index (Phi) is 4.42. The van der Waals surface area contributed by atoms with Gasteiger partial charge in [-0.25, -0.2) is 0 Å². The summed E-state index contributed by atoms with van der Waals surface area (Å²) >= 11 is 0. The molecule has 2 nitrogen and oxygen atoms in total. The van der Waals surface area contributed by atoms with Crippen molar-refractivity contribution in [3.63, 3.8) is 0 Å². The molecule has 2 rings (SSSR count). The Balaban J connectivity index is 1.56. The van der Waals surface area contributed by atoms with Crippen LogP contribution in [0.5, 0.6) is 0 Å². The van der Waals surface area contributed by atoms with Crippen molar-refractivity contribution in [2.45, 2.75) is 45.1 Å². The van der Waals surface area contributed by atoms with Crippen molar-refractivity contribution in [2.75, 3.05) is 26.2 Å². The summed E-state index contributed by atoms with van der Waals surface area (Å²) in [6, 6.07) is 0.793. The van der Waals surface area contributed by atoms with Crippen LogP contribution in [0.3, 0.4) is 0 Å². The monoisotopic (exact) mass is 222 g/mol. The van der Waals surface area contributed by atoms with Gasteiger partial charge in [-0.1, -0.05) is 5.57 Å². The third-order valence-electron chi connectivity index (χ3n) is 3.83. The fourth-order valence-corrected chi connectivity index (χ4v) is 2.36. The molecule has 1 heterocycles. The number of hydrogen-bond acceptors (Lipinski definition) is 2. The first kappa shape index (κ1) is 12.1. The summed E-state index contributed by atoms with van der Waals surface area (Å²) in [6.07, 6.45) is 6.76. The maximum atomic E-state index is 3.97. The topological polar surface area (TPSA) is 15.3 Å². The normalized spacial score (nSPS) is 23.6. The molecule has 92 valence electrons. The minimum Gasteiger partial charge on any atom is -0.314 e. The van der Waals surface area contributed by atoms with Gasteiger partial charge in [-0.05, 0) is 64.6 Å². The molecule has 0 unspecified atom stereocenters. The van der Waals surface area contributed by atoms with Gasteiger partial charge in [0.25, 0.3) is 0 Å². The van der Waals surface area contributed by atoms with Crippen LogP contribution in [0.4, 0.5) is 0 Å². The number of rotatable bonds is 6. The number of likely N-dealkylation sites (tertiary alicyclic amines) is 1. The Morgan fingerprint density at radius 2 is 1.94 bits per heavy atom. The molecule has 1 saturated carbocycles. The molecule has 0 spiro atoms. The van der Waals surface area contributed by atoms with Crippen molar-refractivity contribution >= 4 is 0 Å². The minimum absolute atomic E-state index is 0.793. The zero-order chi connectivity index (χ0) is 11.4. The average molecular weight is 222 g/mol. The van der Waals surface area contributed by atoms with Crippen LogP contribution in [0.25, 0.3) is 0 Å². The molecule has 0 atom stereocenters. The quantitative estimate of drug-likeness (QED) is 0.694. The molecule has 0 amide bonds. The number of nitrogens with one attached hydrogen (secondary N) is 1. The van der Waals surface area contributed by atoms with Crippen LogP contribution >= 0.6 is 0 Å². The molecule has 2 heteroatoms. The standard InChI is InChI=1S/C14H26N2/c1-12(2)5-8-16-9-6-14(7-10-16)15-11-13-3-4-13/h13-15H,1,3-11H2,2H3. The molecule has 16 heavy (non-hydrogen) atoms. The highest BCUT2D eigenvalue weighted by Gasteiger charge is 2.24. The fraction of sp³-hybridized carbons (Fsp3) is 0.857. The molecule has 2 fully saturated rings. The highest BCUT2D eigenvalue weighted by atomic mass is 15.1. The van der Waals surface area contributed by atoms with Gasteiger partial charge < -0.3 is 10.2 Å². The molecule has 0 aromatic rings. The maximum Gasteiger partial charge on any atom is 0.00915 e. The first-order valence-electron chi connectivity index (χ1n) is 6.84. The number of hydrogen-bond donors (Lipinski definition) is 1. The molecule has 0 aromatic carbocycles. The second-order valence-electron chi connectivity index (χ2n) is 5.67. The summed E-state index contributed by atoms with van der Waals surface area (Å²) in [5, 5.41) is 3.72. The van der Waals surface area contributed by atoms with E-state index in [0.29, 0.717) is 0 Å². The first-order chi connectivity index (χ1) is 7.74. The lowest BCUT2D eigenvalue weighted by atomic mass is 10.0. The van der Waals surface area contributed by atoms with Gasteiger partial charge in [0.1, 0.15) is 0 Å². The second-order valence-corrected chi connectivity index (χ2v) is 5.67. The van der Waals surface area contributed by atoms with Gasteiger partial charge in [0.05, 0.1) is 0 Å².